The van der Waals surface area contributed by atoms with E-state index < -0.39 is 5.92 Å². The Kier molecular flexibility index (Phi) is 6.05. The number of rotatable bonds is 7. The molecule has 2 atom stereocenters. The van der Waals surface area contributed by atoms with Crippen LogP contribution < -0.4 is 15.0 Å². The molecular formula is C19H24N4O3S. The molecule has 0 saturated carbocycles. The van der Waals surface area contributed by atoms with Crippen LogP contribution in [-0.4, -0.2) is 35.7 Å². The first-order valence-electron chi connectivity index (χ1n) is 9.10. The van der Waals surface area contributed by atoms with Crippen molar-refractivity contribution in [1.82, 2.24) is 10.2 Å². The molecule has 1 aromatic heterocycles. The zero-order chi connectivity index (χ0) is 19.4. The number of ether oxygens (including phenoxy) is 1. The van der Waals surface area contributed by atoms with Crippen LogP contribution in [0, 0.1) is 5.92 Å². The molecule has 0 bridgehead atoms. The highest BCUT2D eigenvalue weighted by Crippen LogP contribution is 2.29. The van der Waals surface area contributed by atoms with E-state index >= 15 is 0 Å². The third-order valence-corrected chi connectivity index (χ3v) is 5.76. The van der Waals surface area contributed by atoms with Crippen molar-refractivity contribution in [2.45, 2.75) is 39.0 Å². The molecule has 1 fully saturated rings. The quantitative estimate of drug-likeness (QED) is 0.785. The van der Waals surface area contributed by atoms with Crippen LogP contribution in [0.15, 0.2) is 24.3 Å². The summed E-state index contributed by atoms with van der Waals surface area (Å²) in [5.41, 5.74) is 0.766. The average Bonchev–Trinajstić information content (AvgIpc) is 3.29. The molecule has 2 amide bonds. The number of carbonyl (C=O) groups is 2. The van der Waals surface area contributed by atoms with E-state index in [1.54, 1.807) is 24.1 Å². The van der Waals surface area contributed by atoms with E-state index in [9.17, 15) is 9.59 Å². The van der Waals surface area contributed by atoms with Gasteiger partial charge < -0.3 is 15.0 Å². The van der Waals surface area contributed by atoms with E-state index in [0.29, 0.717) is 17.6 Å². The first kappa shape index (κ1) is 19.3. The smallest absolute Gasteiger partial charge is 0.231 e. The van der Waals surface area contributed by atoms with Crippen LogP contribution in [0.4, 0.5) is 10.8 Å². The second-order valence-electron chi connectivity index (χ2n) is 6.73. The van der Waals surface area contributed by atoms with Crippen molar-refractivity contribution in [3.63, 3.8) is 0 Å². The molecule has 1 aromatic carbocycles. The van der Waals surface area contributed by atoms with Crippen molar-refractivity contribution < 1.29 is 14.3 Å². The van der Waals surface area contributed by atoms with Crippen molar-refractivity contribution in [2.75, 3.05) is 23.9 Å². The summed E-state index contributed by atoms with van der Waals surface area (Å²) < 4.78 is 5.14. The lowest BCUT2D eigenvalue weighted by Gasteiger charge is -2.16. The summed E-state index contributed by atoms with van der Waals surface area (Å²) in [4.78, 5) is 26.6. The van der Waals surface area contributed by atoms with Gasteiger partial charge in [0.15, 0.2) is 0 Å². The second kappa shape index (κ2) is 8.47. The molecule has 27 heavy (non-hydrogen) atoms. The maximum atomic E-state index is 12.6. The fraction of sp³-hybridized carbons (Fsp3) is 0.474. The predicted octanol–water partition coefficient (Wildman–Crippen LogP) is 3.44. The Morgan fingerprint density at radius 3 is 2.78 bits per heavy atom. The largest absolute Gasteiger partial charge is 0.497 e. The maximum Gasteiger partial charge on any atom is 0.231 e. The van der Waals surface area contributed by atoms with Crippen molar-refractivity contribution in [3.05, 3.63) is 29.3 Å². The first-order chi connectivity index (χ1) is 13.0. The summed E-state index contributed by atoms with van der Waals surface area (Å²) >= 11 is 1.40. The highest BCUT2D eigenvalue weighted by atomic mass is 32.1. The van der Waals surface area contributed by atoms with Gasteiger partial charge in [0.25, 0.3) is 0 Å². The zero-order valence-electron chi connectivity index (χ0n) is 15.8. The molecule has 1 aliphatic heterocycles. The molecule has 2 aromatic rings. The lowest BCUT2D eigenvalue weighted by molar-refractivity contribution is -0.122. The number of carbonyl (C=O) groups excluding carboxylic acids is 2. The van der Waals surface area contributed by atoms with Gasteiger partial charge in [-0.25, -0.2) is 0 Å². The van der Waals surface area contributed by atoms with E-state index in [1.807, 2.05) is 12.1 Å². The number of benzene rings is 1. The monoisotopic (exact) mass is 388 g/mol. The third-order valence-electron chi connectivity index (χ3n) is 4.69. The summed E-state index contributed by atoms with van der Waals surface area (Å²) in [6.45, 7) is 4.60. The van der Waals surface area contributed by atoms with Crippen LogP contribution >= 0.6 is 11.3 Å². The Morgan fingerprint density at radius 1 is 1.37 bits per heavy atom. The molecule has 3 rings (SSSR count). The van der Waals surface area contributed by atoms with E-state index in [0.717, 1.165) is 29.3 Å². The molecule has 8 heteroatoms. The number of hydrogen-bond acceptors (Lipinski definition) is 6. The molecule has 7 nitrogen and oxygen atoms in total. The zero-order valence-corrected chi connectivity index (χ0v) is 16.6. The molecular weight excluding hydrogens is 364 g/mol. The van der Waals surface area contributed by atoms with Gasteiger partial charge in [-0.1, -0.05) is 31.6 Å². The number of aromatic nitrogens is 2. The second-order valence-corrected chi connectivity index (χ2v) is 7.74. The lowest BCUT2D eigenvalue weighted by Crippen LogP contribution is -2.28. The minimum absolute atomic E-state index is 0.0603. The molecule has 0 radical (unpaired) electrons. The highest BCUT2D eigenvalue weighted by Gasteiger charge is 2.35. The molecule has 0 aliphatic carbocycles. The number of nitrogens with one attached hydrogen (secondary N) is 1. The summed E-state index contributed by atoms with van der Waals surface area (Å²) in [6, 6.07) is 7.25. The van der Waals surface area contributed by atoms with Gasteiger partial charge >= 0.3 is 0 Å². The maximum absolute atomic E-state index is 12.6. The van der Waals surface area contributed by atoms with Crippen molar-refractivity contribution >= 4 is 34.0 Å². The fourth-order valence-corrected chi connectivity index (χ4v) is 3.98. The summed E-state index contributed by atoms with van der Waals surface area (Å²) in [5.74, 6) is 0.404. The molecule has 1 saturated heterocycles. The third kappa shape index (κ3) is 4.44. The molecule has 1 aliphatic rings. The predicted molar refractivity (Wildman–Crippen MR) is 105 cm³/mol. The van der Waals surface area contributed by atoms with Crippen LogP contribution in [0.2, 0.25) is 0 Å². The van der Waals surface area contributed by atoms with Gasteiger partial charge in [-0.05, 0) is 30.7 Å². The van der Waals surface area contributed by atoms with Gasteiger partial charge in [-0.15, -0.1) is 10.2 Å². The van der Waals surface area contributed by atoms with E-state index in [1.165, 1.54) is 11.3 Å². The van der Waals surface area contributed by atoms with E-state index in [-0.39, 0.29) is 18.2 Å². The van der Waals surface area contributed by atoms with Gasteiger partial charge in [-0.2, -0.15) is 0 Å². The highest BCUT2D eigenvalue weighted by molar-refractivity contribution is 7.15. The first-order valence-corrected chi connectivity index (χ1v) is 9.92. The van der Waals surface area contributed by atoms with Gasteiger partial charge in [-0.3, -0.25) is 9.59 Å². The van der Waals surface area contributed by atoms with E-state index in [2.05, 4.69) is 29.4 Å². The number of methoxy groups -OCH3 is 1. The lowest BCUT2D eigenvalue weighted by atomic mass is 10.1. The van der Waals surface area contributed by atoms with Crippen LogP contribution in [0.3, 0.4) is 0 Å². The van der Waals surface area contributed by atoms with Crippen molar-refractivity contribution in [3.8, 4) is 5.75 Å². The van der Waals surface area contributed by atoms with Gasteiger partial charge in [0, 0.05) is 24.6 Å². The Morgan fingerprint density at radius 2 is 2.11 bits per heavy atom. The SMILES string of the molecule is CCC[C@@H](C)c1nnc(NC(=O)[C@@H]2CC(=O)N(c3ccc(OC)cc3)C2)s1. The average molecular weight is 388 g/mol. The normalized spacial score (nSPS) is 17.8. The Hall–Kier alpha value is -2.48. The standard InChI is InChI=1S/C19H24N4O3S/c1-4-5-12(2)18-21-22-19(27-18)20-17(25)13-10-16(24)23(11-13)14-6-8-15(26-3)9-7-14/h6-9,12-13H,4-5,10-11H2,1-3H3,(H,20,22,25)/t12-,13-/m1/s1. The van der Waals surface area contributed by atoms with Gasteiger partial charge in [0.2, 0.25) is 16.9 Å². The molecule has 144 valence electrons. The van der Waals surface area contributed by atoms with Gasteiger partial charge in [0.05, 0.1) is 13.0 Å². The summed E-state index contributed by atoms with van der Waals surface area (Å²) in [5, 5.41) is 12.5. The molecule has 0 unspecified atom stereocenters. The minimum Gasteiger partial charge on any atom is -0.497 e. The Bertz CT molecular complexity index is 806. The Balaban J connectivity index is 1.62. The fourth-order valence-electron chi connectivity index (χ4n) is 3.14. The number of hydrogen-bond donors (Lipinski definition) is 1. The van der Waals surface area contributed by atoms with Gasteiger partial charge in [0.1, 0.15) is 10.8 Å². The summed E-state index contributed by atoms with van der Waals surface area (Å²) in [7, 11) is 1.60. The number of amides is 2. The van der Waals surface area contributed by atoms with Crippen LogP contribution in [0.1, 0.15) is 44.0 Å². The molecule has 2 heterocycles. The van der Waals surface area contributed by atoms with Crippen LogP contribution in [-0.2, 0) is 9.59 Å². The summed E-state index contributed by atoms with van der Waals surface area (Å²) in [6.07, 6.45) is 2.31. The van der Waals surface area contributed by atoms with E-state index in [4.69, 9.17) is 4.74 Å². The number of anilines is 2. The molecule has 0 spiro atoms. The van der Waals surface area contributed by atoms with Crippen molar-refractivity contribution in [1.29, 1.82) is 0 Å². The number of nitrogens with zero attached hydrogens (tertiary/aromatic N) is 3. The molecule has 1 N–H and O–H groups in total. The van der Waals surface area contributed by atoms with Crippen molar-refractivity contribution in [2.24, 2.45) is 5.92 Å². The topological polar surface area (TPSA) is 84.4 Å². The Labute approximate surface area is 162 Å². The minimum atomic E-state index is -0.403. The van der Waals surface area contributed by atoms with Crippen LogP contribution in [0.5, 0.6) is 5.75 Å². The van der Waals surface area contributed by atoms with Crippen LogP contribution in [0.25, 0.3) is 0 Å².